The molecule has 1 saturated carbocycles. The first-order chi connectivity index (χ1) is 8.97. The smallest absolute Gasteiger partial charge is 0.237 e. The SMILES string of the molecule is CC(NCc1cc(F)c(F)cc1F)C(=O)NC1CC1. The lowest BCUT2D eigenvalue weighted by Crippen LogP contribution is -2.42. The first-order valence-electron chi connectivity index (χ1n) is 6.14. The van der Waals surface area contributed by atoms with Crippen LogP contribution >= 0.6 is 0 Å². The zero-order valence-corrected chi connectivity index (χ0v) is 10.5. The number of nitrogens with one attached hydrogen (secondary N) is 2. The molecule has 1 atom stereocenters. The molecule has 1 amide bonds. The summed E-state index contributed by atoms with van der Waals surface area (Å²) in [6.45, 7) is 1.60. The van der Waals surface area contributed by atoms with E-state index in [-0.39, 0.29) is 24.1 Å². The van der Waals surface area contributed by atoms with E-state index in [1.54, 1.807) is 6.92 Å². The van der Waals surface area contributed by atoms with Gasteiger partial charge in [0.25, 0.3) is 0 Å². The average molecular weight is 272 g/mol. The van der Waals surface area contributed by atoms with Gasteiger partial charge < -0.3 is 10.6 Å². The normalized spacial score (nSPS) is 16.2. The first-order valence-corrected chi connectivity index (χ1v) is 6.14. The summed E-state index contributed by atoms with van der Waals surface area (Å²) in [5, 5.41) is 5.57. The Morgan fingerprint density at radius 1 is 1.26 bits per heavy atom. The van der Waals surface area contributed by atoms with E-state index in [0.29, 0.717) is 6.07 Å². The molecule has 104 valence electrons. The summed E-state index contributed by atoms with van der Waals surface area (Å²) >= 11 is 0. The molecule has 1 unspecified atom stereocenters. The van der Waals surface area contributed by atoms with Crippen LogP contribution in [0, 0.1) is 17.5 Å². The molecule has 1 aliphatic carbocycles. The second kappa shape index (κ2) is 5.61. The second-order valence-corrected chi connectivity index (χ2v) is 4.74. The summed E-state index contributed by atoms with van der Waals surface area (Å²) in [4.78, 5) is 11.6. The van der Waals surface area contributed by atoms with Crippen LogP contribution in [0.2, 0.25) is 0 Å². The van der Waals surface area contributed by atoms with Gasteiger partial charge in [-0.2, -0.15) is 0 Å². The maximum Gasteiger partial charge on any atom is 0.237 e. The fourth-order valence-electron chi connectivity index (χ4n) is 1.61. The minimum atomic E-state index is -1.22. The third-order valence-corrected chi connectivity index (χ3v) is 3.01. The number of halogens is 3. The molecule has 0 spiro atoms. The van der Waals surface area contributed by atoms with Gasteiger partial charge in [0.05, 0.1) is 6.04 Å². The van der Waals surface area contributed by atoms with Gasteiger partial charge in [-0.3, -0.25) is 4.79 Å². The van der Waals surface area contributed by atoms with E-state index in [0.717, 1.165) is 18.9 Å². The number of amides is 1. The lowest BCUT2D eigenvalue weighted by atomic mass is 10.2. The fraction of sp³-hybridized carbons (Fsp3) is 0.462. The molecule has 0 bridgehead atoms. The maximum absolute atomic E-state index is 13.4. The molecule has 6 heteroatoms. The molecule has 19 heavy (non-hydrogen) atoms. The Kier molecular flexibility index (Phi) is 4.09. The van der Waals surface area contributed by atoms with E-state index in [4.69, 9.17) is 0 Å². The van der Waals surface area contributed by atoms with Crippen molar-refractivity contribution in [2.75, 3.05) is 0 Å². The molecular formula is C13H15F3N2O. The van der Waals surface area contributed by atoms with Crippen LogP contribution in [-0.2, 0) is 11.3 Å². The van der Waals surface area contributed by atoms with Crippen molar-refractivity contribution in [2.24, 2.45) is 0 Å². The molecule has 1 aliphatic rings. The third kappa shape index (κ3) is 3.70. The topological polar surface area (TPSA) is 41.1 Å². The number of benzene rings is 1. The number of rotatable bonds is 5. The average Bonchev–Trinajstić information content (AvgIpc) is 3.15. The van der Waals surface area contributed by atoms with Gasteiger partial charge in [-0.25, -0.2) is 13.2 Å². The van der Waals surface area contributed by atoms with Gasteiger partial charge >= 0.3 is 0 Å². The largest absolute Gasteiger partial charge is 0.352 e. The molecule has 1 aromatic rings. The standard InChI is InChI=1S/C13H15F3N2O/c1-7(13(19)18-9-2-3-9)17-6-8-4-11(15)12(16)5-10(8)14/h4-5,7,9,17H,2-3,6H2,1H3,(H,18,19). The van der Waals surface area contributed by atoms with Crippen molar-refractivity contribution < 1.29 is 18.0 Å². The van der Waals surface area contributed by atoms with Crippen LogP contribution in [0.15, 0.2) is 12.1 Å². The molecule has 2 rings (SSSR count). The van der Waals surface area contributed by atoms with Crippen molar-refractivity contribution in [1.29, 1.82) is 0 Å². The molecule has 1 aromatic carbocycles. The van der Waals surface area contributed by atoms with Gasteiger partial charge in [0.1, 0.15) is 5.82 Å². The van der Waals surface area contributed by atoms with Crippen LogP contribution in [0.1, 0.15) is 25.3 Å². The molecule has 3 nitrogen and oxygen atoms in total. The molecule has 1 fully saturated rings. The van der Waals surface area contributed by atoms with Crippen molar-refractivity contribution >= 4 is 5.91 Å². The van der Waals surface area contributed by atoms with Gasteiger partial charge in [-0.15, -0.1) is 0 Å². The van der Waals surface area contributed by atoms with Gasteiger partial charge in [0.2, 0.25) is 5.91 Å². The summed E-state index contributed by atoms with van der Waals surface area (Å²) in [6, 6.07) is 1.02. The van der Waals surface area contributed by atoms with E-state index in [1.807, 2.05) is 0 Å². The van der Waals surface area contributed by atoms with Crippen LogP contribution in [0.25, 0.3) is 0 Å². The number of hydrogen-bond acceptors (Lipinski definition) is 2. The molecule has 2 N–H and O–H groups in total. The molecule has 0 heterocycles. The quantitative estimate of drug-likeness (QED) is 0.803. The predicted octanol–water partition coefficient (Wildman–Crippen LogP) is 1.86. The maximum atomic E-state index is 13.4. The van der Waals surface area contributed by atoms with Crippen molar-refractivity contribution in [3.8, 4) is 0 Å². The third-order valence-electron chi connectivity index (χ3n) is 3.01. The Morgan fingerprint density at radius 3 is 2.53 bits per heavy atom. The summed E-state index contributed by atoms with van der Waals surface area (Å²) in [7, 11) is 0. The minimum Gasteiger partial charge on any atom is -0.352 e. The monoisotopic (exact) mass is 272 g/mol. The minimum absolute atomic E-state index is 0.00929. The zero-order chi connectivity index (χ0) is 14.0. The van der Waals surface area contributed by atoms with E-state index in [9.17, 15) is 18.0 Å². The van der Waals surface area contributed by atoms with Crippen molar-refractivity contribution in [2.45, 2.75) is 38.4 Å². The van der Waals surface area contributed by atoms with Crippen molar-refractivity contribution in [3.63, 3.8) is 0 Å². The van der Waals surface area contributed by atoms with Gasteiger partial charge in [0.15, 0.2) is 11.6 Å². The summed E-state index contributed by atoms with van der Waals surface area (Å²) < 4.78 is 39.1. The Bertz CT molecular complexity index is 489. The lowest BCUT2D eigenvalue weighted by Gasteiger charge is -2.14. The van der Waals surface area contributed by atoms with Crippen LogP contribution in [-0.4, -0.2) is 18.0 Å². The molecule has 0 saturated heterocycles. The summed E-state index contributed by atoms with van der Waals surface area (Å²) in [5.74, 6) is -3.33. The Labute approximate surface area is 109 Å². The Balaban J connectivity index is 1.90. The highest BCUT2D eigenvalue weighted by Crippen LogP contribution is 2.18. The summed E-state index contributed by atoms with van der Waals surface area (Å²) in [5.41, 5.74) is -0.00929. The van der Waals surface area contributed by atoms with Gasteiger partial charge in [-0.1, -0.05) is 0 Å². The highest BCUT2D eigenvalue weighted by Gasteiger charge is 2.25. The molecule has 0 aromatic heterocycles. The molecule has 0 radical (unpaired) electrons. The number of carbonyl (C=O) groups excluding carboxylic acids is 1. The van der Waals surface area contributed by atoms with Gasteiger partial charge in [-0.05, 0) is 25.8 Å². The van der Waals surface area contributed by atoms with Crippen LogP contribution < -0.4 is 10.6 Å². The van der Waals surface area contributed by atoms with E-state index < -0.39 is 23.5 Å². The van der Waals surface area contributed by atoms with E-state index in [2.05, 4.69) is 10.6 Å². The van der Waals surface area contributed by atoms with E-state index in [1.165, 1.54) is 0 Å². The van der Waals surface area contributed by atoms with Crippen LogP contribution in [0.5, 0.6) is 0 Å². The Hall–Kier alpha value is -1.56. The zero-order valence-electron chi connectivity index (χ0n) is 10.5. The Morgan fingerprint density at radius 2 is 1.89 bits per heavy atom. The fourth-order valence-corrected chi connectivity index (χ4v) is 1.61. The first kappa shape index (κ1) is 13.9. The lowest BCUT2D eigenvalue weighted by molar-refractivity contribution is -0.122. The molecule has 0 aliphatic heterocycles. The predicted molar refractivity (Wildman–Crippen MR) is 63.8 cm³/mol. The van der Waals surface area contributed by atoms with Crippen LogP contribution in [0.4, 0.5) is 13.2 Å². The number of carbonyl (C=O) groups is 1. The van der Waals surface area contributed by atoms with Crippen molar-refractivity contribution in [3.05, 3.63) is 35.1 Å². The number of hydrogen-bond donors (Lipinski definition) is 2. The van der Waals surface area contributed by atoms with E-state index >= 15 is 0 Å². The highest BCUT2D eigenvalue weighted by molar-refractivity contribution is 5.81. The summed E-state index contributed by atoms with van der Waals surface area (Å²) in [6.07, 6.45) is 1.96. The van der Waals surface area contributed by atoms with Crippen molar-refractivity contribution in [1.82, 2.24) is 10.6 Å². The molecular weight excluding hydrogens is 257 g/mol. The van der Waals surface area contributed by atoms with Gasteiger partial charge in [0, 0.05) is 24.2 Å². The van der Waals surface area contributed by atoms with Crippen LogP contribution in [0.3, 0.4) is 0 Å². The second-order valence-electron chi connectivity index (χ2n) is 4.74. The highest BCUT2D eigenvalue weighted by atomic mass is 19.2.